The van der Waals surface area contributed by atoms with Crippen LogP contribution in [0, 0.1) is 25.2 Å². The molecule has 0 radical (unpaired) electrons. The summed E-state index contributed by atoms with van der Waals surface area (Å²) in [6.07, 6.45) is 4.30. The van der Waals surface area contributed by atoms with Crippen LogP contribution in [0.25, 0.3) is 0 Å². The Kier molecular flexibility index (Phi) is 6.18. The summed E-state index contributed by atoms with van der Waals surface area (Å²) in [4.78, 5) is 12.7. The molecule has 0 saturated heterocycles. The van der Waals surface area contributed by atoms with Gasteiger partial charge in [0.2, 0.25) is 5.91 Å². The Balaban J connectivity index is 1.43. The zero-order chi connectivity index (χ0) is 22.0. The molecular formula is C22H26N6O2S. The van der Waals surface area contributed by atoms with Crippen molar-refractivity contribution in [3.8, 4) is 6.07 Å². The molecular weight excluding hydrogens is 412 g/mol. The van der Waals surface area contributed by atoms with Gasteiger partial charge >= 0.3 is 0 Å². The van der Waals surface area contributed by atoms with Crippen molar-refractivity contribution in [2.75, 3.05) is 11.1 Å². The van der Waals surface area contributed by atoms with Crippen LogP contribution in [0.15, 0.2) is 28.0 Å². The molecule has 0 aliphatic heterocycles. The van der Waals surface area contributed by atoms with Gasteiger partial charge in [-0.3, -0.25) is 4.79 Å². The van der Waals surface area contributed by atoms with Gasteiger partial charge in [0.05, 0.1) is 18.4 Å². The summed E-state index contributed by atoms with van der Waals surface area (Å²) in [6.45, 7) is 7.22. The second-order valence-electron chi connectivity index (χ2n) is 7.72. The first-order chi connectivity index (χ1) is 15.0. The molecule has 0 aromatic carbocycles. The van der Waals surface area contributed by atoms with E-state index < -0.39 is 0 Å². The average Bonchev–Trinajstić information content (AvgIpc) is 3.23. The van der Waals surface area contributed by atoms with Crippen molar-refractivity contribution in [3.05, 3.63) is 46.8 Å². The fraction of sp³-hybridized carbons (Fsp3) is 0.455. The highest BCUT2D eigenvalue weighted by Gasteiger charge is 2.30. The summed E-state index contributed by atoms with van der Waals surface area (Å²) < 4.78 is 9.53. The number of hydrogen-bond donors (Lipinski definition) is 1. The summed E-state index contributed by atoms with van der Waals surface area (Å²) in [5.74, 6) is 3.36. The van der Waals surface area contributed by atoms with E-state index in [9.17, 15) is 10.1 Å². The highest BCUT2D eigenvalue weighted by atomic mass is 32.2. The molecule has 1 amide bonds. The topological polar surface area (TPSA) is 102 Å². The van der Waals surface area contributed by atoms with Gasteiger partial charge in [0.15, 0.2) is 5.16 Å². The number of hydrogen-bond acceptors (Lipinski definition) is 6. The lowest BCUT2D eigenvalue weighted by Crippen LogP contribution is -2.17. The molecule has 1 saturated carbocycles. The van der Waals surface area contributed by atoms with E-state index >= 15 is 0 Å². The summed E-state index contributed by atoms with van der Waals surface area (Å²) in [5.41, 5.74) is 2.29. The zero-order valence-electron chi connectivity index (χ0n) is 18.0. The molecule has 8 nitrogen and oxygen atoms in total. The van der Waals surface area contributed by atoms with E-state index in [-0.39, 0.29) is 5.91 Å². The monoisotopic (exact) mass is 438 g/mol. The fourth-order valence-corrected chi connectivity index (χ4v) is 4.61. The first kappa shape index (κ1) is 21.2. The third-order valence-corrected chi connectivity index (χ3v) is 6.63. The number of carbonyl (C=O) groups is 1. The van der Waals surface area contributed by atoms with Crippen molar-refractivity contribution in [1.82, 2.24) is 19.3 Å². The Bertz CT molecular complexity index is 1120. The van der Waals surface area contributed by atoms with E-state index in [4.69, 9.17) is 4.42 Å². The van der Waals surface area contributed by atoms with E-state index in [1.54, 1.807) is 18.0 Å². The quantitative estimate of drug-likeness (QED) is 0.502. The van der Waals surface area contributed by atoms with Gasteiger partial charge in [0, 0.05) is 30.3 Å². The number of furan rings is 1. The molecule has 0 spiro atoms. The first-order valence-electron chi connectivity index (χ1n) is 10.5. The smallest absolute Gasteiger partial charge is 0.226 e. The maximum absolute atomic E-state index is 12.7. The Hall–Kier alpha value is -2.99. The third kappa shape index (κ3) is 4.39. The Morgan fingerprint density at radius 2 is 2.16 bits per heavy atom. The van der Waals surface area contributed by atoms with E-state index in [2.05, 4.69) is 33.1 Å². The molecule has 3 aromatic heterocycles. The summed E-state index contributed by atoms with van der Waals surface area (Å²) >= 11 is 1.54. The van der Waals surface area contributed by atoms with Crippen LogP contribution in [0.4, 0.5) is 5.82 Å². The lowest BCUT2D eigenvalue weighted by molar-refractivity contribution is -0.115. The molecule has 1 aliphatic rings. The first-order valence-corrected chi connectivity index (χ1v) is 11.5. The highest BCUT2D eigenvalue weighted by Crippen LogP contribution is 2.40. The van der Waals surface area contributed by atoms with Gasteiger partial charge in [-0.05, 0) is 51.3 Å². The molecule has 9 heteroatoms. The minimum Gasteiger partial charge on any atom is -0.467 e. The van der Waals surface area contributed by atoms with Crippen LogP contribution in [-0.4, -0.2) is 31.0 Å². The maximum Gasteiger partial charge on any atom is 0.226 e. The van der Waals surface area contributed by atoms with E-state index in [0.29, 0.717) is 36.0 Å². The number of carbonyl (C=O) groups excluding carboxylic acids is 1. The Morgan fingerprint density at radius 1 is 1.35 bits per heavy atom. The Labute approximate surface area is 185 Å². The van der Waals surface area contributed by atoms with Crippen molar-refractivity contribution >= 4 is 23.5 Å². The molecule has 31 heavy (non-hydrogen) atoms. The predicted octanol–water partition coefficient (Wildman–Crippen LogP) is 4.23. The number of nitrogens with zero attached hydrogens (tertiary/aromatic N) is 5. The zero-order valence-corrected chi connectivity index (χ0v) is 18.8. The molecule has 162 valence electrons. The standard InChI is InChI=1S/C22H26N6O2S/c1-4-27-20(16-7-8-16)25-26-22(27)31-11-9-19(29)24-21-18(12-23)14(2)15(3)28(21)13-17-6-5-10-30-17/h5-6,10,16H,4,7-9,11,13H2,1-3H3,(H,24,29). The van der Waals surface area contributed by atoms with Gasteiger partial charge in [-0.2, -0.15) is 5.26 Å². The van der Waals surface area contributed by atoms with E-state index in [0.717, 1.165) is 34.5 Å². The van der Waals surface area contributed by atoms with Gasteiger partial charge in [-0.1, -0.05) is 11.8 Å². The Morgan fingerprint density at radius 3 is 2.81 bits per heavy atom. The molecule has 4 rings (SSSR count). The van der Waals surface area contributed by atoms with Crippen LogP contribution < -0.4 is 5.32 Å². The molecule has 0 unspecified atom stereocenters. The van der Waals surface area contributed by atoms with Crippen molar-refractivity contribution in [1.29, 1.82) is 5.26 Å². The predicted molar refractivity (Wildman–Crippen MR) is 118 cm³/mol. The minimum atomic E-state index is -0.132. The van der Waals surface area contributed by atoms with Crippen LogP contribution in [0.2, 0.25) is 0 Å². The summed E-state index contributed by atoms with van der Waals surface area (Å²) in [6, 6.07) is 5.94. The largest absolute Gasteiger partial charge is 0.467 e. The fourth-order valence-electron chi connectivity index (χ4n) is 3.66. The van der Waals surface area contributed by atoms with E-state index in [1.165, 1.54) is 12.8 Å². The molecule has 1 aliphatic carbocycles. The van der Waals surface area contributed by atoms with Gasteiger partial charge in [0.25, 0.3) is 0 Å². The number of anilines is 1. The number of amides is 1. The second-order valence-corrected chi connectivity index (χ2v) is 8.78. The van der Waals surface area contributed by atoms with Gasteiger partial charge in [0.1, 0.15) is 23.5 Å². The lowest BCUT2D eigenvalue weighted by atomic mass is 10.2. The average molecular weight is 439 g/mol. The van der Waals surface area contributed by atoms with Crippen molar-refractivity contribution in [2.45, 2.75) is 64.2 Å². The third-order valence-electron chi connectivity index (χ3n) is 5.66. The number of thioether (sulfide) groups is 1. The lowest BCUT2D eigenvalue weighted by Gasteiger charge is -2.12. The van der Waals surface area contributed by atoms with Gasteiger partial charge in [-0.25, -0.2) is 0 Å². The van der Waals surface area contributed by atoms with Crippen molar-refractivity contribution < 1.29 is 9.21 Å². The number of nitrogens with one attached hydrogen (secondary N) is 1. The molecule has 1 N–H and O–H groups in total. The van der Waals surface area contributed by atoms with Crippen LogP contribution in [0.5, 0.6) is 0 Å². The van der Waals surface area contributed by atoms with Crippen molar-refractivity contribution in [3.63, 3.8) is 0 Å². The van der Waals surface area contributed by atoms with Crippen LogP contribution in [-0.2, 0) is 17.9 Å². The van der Waals surface area contributed by atoms with Crippen molar-refractivity contribution in [2.24, 2.45) is 0 Å². The highest BCUT2D eigenvalue weighted by molar-refractivity contribution is 7.99. The number of aromatic nitrogens is 4. The minimum absolute atomic E-state index is 0.132. The summed E-state index contributed by atoms with van der Waals surface area (Å²) in [7, 11) is 0. The SMILES string of the molecule is CCn1c(SCCC(=O)Nc2c(C#N)c(C)c(C)n2Cc2ccco2)nnc1C1CC1. The number of rotatable bonds is 9. The van der Waals surface area contributed by atoms with E-state index in [1.807, 2.05) is 30.5 Å². The van der Waals surface area contributed by atoms with Gasteiger partial charge in [-0.15, -0.1) is 10.2 Å². The molecule has 3 heterocycles. The maximum atomic E-state index is 12.7. The van der Waals surface area contributed by atoms with Crippen LogP contribution >= 0.6 is 11.8 Å². The normalized spacial score (nSPS) is 13.4. The summed E-state index contributed by atoms with van der Waals surface area (Å²) in [5, 5.41) is 22.1. The van der Waals surface area contributed by atoms with Crippen LogP contribution in [0.1, 0.15) is 60.5 Å². The molecule has 0 atom stereocenters. The molecule has 0 bridgehead atoms. The van der Waals surface area contributed by atoms with Gasteiger partial charge < -0.3 is 18.9 Å². The molecule has 1 fully saturated rings. The second kappa shape index (κ2) is 9.02. The molecule has 3 aromatic rings. The number of nitriles is 1. The van der Waals surface area contributed by atoms with Crippen LogP contribution in [0.3, 0.4) is 0 Å².